The lowest BCUT2D eigenvalue weighted by Crippen LogP contribution is -2.44. The summed E-state index contributed by atoms with van der Waals surface area (Å²) in [5.74, 6) is -2.72. The molecule has 1 N–H and O–H groups in total. The molecule has 0 aromatic heterocycles. The number of nitrogens with zero attached hydrogens (tertiary/aromatic N) is 1. The molecule has 0 unspecified atom stereocenters. The molecule has 23 heavy (non-hydrogen) atoms. The summed E-state index contributed by atoms with van der Waals surface area (Å²) in [5.41, 5.74) is 0.183. The van der Waals surface area contributed by atoms with Crippen LogP contribution in [0.3, 0.4) is 0 Å². The van der Waals surface area contributed by atoms with E-state index >= 15 is 0 Å². The van der Waals surface area contributed by atoms with Crippen molar-refractivity contribution >= 4 is 21.6 Å². The second-order valence-corrected chi connectivity index (χ2v) is 8.03. The van der Waals surface area contributed by atoms with E-state index in [1.54, 1.807) is 4.90 Å². The Morgan fingerprint density at radius 2 is 1.87 bits per heavy atom. The zero-order valence-electron chi connectivity index (χ0n) is 13.0. The van der Waals surface area contributed by atoms with Crippen LogP contribution in [0.1, 0.15) is 20.3 Å². The van der Waals surface area contributed by atoms with Crippen molar-refractivity contribution in [2.24, 2.45) is 11.8 Å². The van der Waals surface area contributed by atoms with Gasteiger partial charge in [0.15, 0.2) is 0 Å². The van der Waals surface area contributed by atoms with Crippen molar-refractivity contribution in [2.75, 3.05) is 18.4 Å². The molecule has 5 nitrogen and oxygen atoms in total. The number of alkyl halides is 2. The Balaban J connectivity index is 2.13. The molecule has 2 rings (SSSR count). The lowest BCUT2D eigenvalue weighted by Gasteiger charge is -2.34. The number of hydrogen-bond donors (Lipinski definition) is 1. The number of urea groups is 1. The summed E-state index contributed by atoms with van der Waals surface area (Å²) in [5, 5.41) is 2.58. The number of rotatable bonds is 3. The Labute approximate surface area is 134 Å². The molecule has 2 amide bonds. The number of nitrogens with one attached hydrogen (secondary N) is 1. The van der Waals surface area contributed by atoms with E-state index in [-0.39, 0.29) is 11.7 Å². The minimum atomic E-state index is -4.68. The summed E-state index contributed by atoms with van der Waals surface area (Å²) in [6.07, 6.45) is 1.05. The molecule has 2 atom stereocenters. The monoisotopic (exact) mass is 346 g/mol. The lowest BCUT2D eigenvalue weighted by atomic mass is 9.92. The van der Waals surface area contributed by atoms with Crippen molar-refractivity contribution in [3.63, 3.8) is 0 Å². The van der Waals surface area contributed by atoms with Gasteiger partial charge in [-0.15, -0.1) is 0 Å². The highest BCUT2D eigenvalue weighted by atomic mass is 32.2. The van der Waals surface area contributed by atoms with Crippen LogP contribution in [-0.2, 0) is 9.84 Å². The number of carbonyl (C=O) groups excluding carboxylic acids is 1. The summed E-state index contributed by atoms with van der Waals surface area (Å²) in [6.45, 7) is 5.36. The molecule has 0 saturated carbocycles. The van der Waals surface area contributed by atoms with Gasteiger partial charge in [0, 0.05) is 18.8 Å². The van der Waals surface area contributed by atoms with Gasteiger partial charge in [-0.3, -0.25) is 0 Å². The molecule has 1 aromatic carbocycles. The van der Waals surface area contributed by atoms with Crippen LogP contribution in [0.4, 0.5) is 19.3 Å². The third-order valence-electron chi connectivity index (χ3n) is 3.80. The molecule has 1 saturated heterocycles. The fourth-order valence-corrected chi connectivity index (χ4v) is 3.65. The highest BCUT2D eigenvalue weighted by Crippen LogP contribution is 2.24. The lowest BCUT2D eigenvalue weighted by molar-refractivity contribution is 0.156. The number of hydrogen-bond acceptors (Lipinski definition) is 3. The van der Waals surface area contributed by atoms with Crippen molar-refractivity contribution < 1.29 is 22.0 Å². The maximum absolute atomic E-state index is 12.6. The maximum atomic E-state index is 12.6. The average Bonchev–Trinajstić information content (AvgIpc) is 2.46. The first kappa shape index (κ1) is 17.7. The maximum Gasteiger partial charge on any atom is 0.341 e. The van der Waals surface area contributed by atoms with E-state index in [2.05, 4.69) is 19.2 Å². The topological polar surface area (TPSA) is 66.5 Å². The van der Waals surface area contributed by atoms with Gasteiger partial charge in [0.05, 0.1) is 4.90 Å². The van der Waals surface area contributed by atoms with E-state index in [4.69, 9.17) is 0 Å². The third kappa shape index (κ3) is 4.19. The standard InChI is InChI=1S/C15H20F2N2O3S/c1-10-6-11(2)9-19(8-10)15(20)18-12-4-3-5-13(7-12)23(21,22)14(16)17/h3-5,7,10-11,14H,6,8-9H2,1-2H3,(H,18,20)/t10-,11+. The van der Waals surface area contributed by atoms with Crippen LogP contribution in [-0.4, -0.2) is 38.2 Å². The fraction of sp³-hybridized carbons (Fsp3) is 0.533. The smallest absolute Gasteiger partial charge is 0.324 e. The zero-order valence-corrected chi connectivity index (χ0v) is 13.8. The zero-order chi connectivity index (χ0) is 17.2. The summed E-state index contributed by atoms with van der Waals surface area (Å²) in [4.78, 5) is 13.4. The van der Waals surface area contributed by atoms with E-state index in [0.29, 0.717) is 24.9 Å². The third-order valence-corrected chi connectivity index (χ3v) is 5.18. The summed E-state index contributed by atoms with van der Waals surface area (Å²) < 4.78 is 48.1. The Morgan fingerprint density at radius 1 is 1.26 bits per heavy atom. The molecular weight excluding hydrogens is 326 g/mol. The van der Waals surface area contributed by atoms with Crippen molar-refractivity contribution in [2.45, 2.75) is 30.9 Å². The van der Waals surface area contributed by atoms with Crippen molar-refractivity contribution in [1.82, 2.24) is 4.90 Å². The van der Waals surface area contributed by atoms with Crippen molar-refractivity contribution in [1.29, 1.82) is 0 Å². The first-order valence-electron chi connectivity index (χ1n) is 7.38. The van der Waals surface area contributed by atoms with Gasteiger partial charge in [-0.25, -0.2) is 13.2 Å². The Morgan fingerprint density at radius 3 is 2.43 bits per heavy atom. The van der Waals surface area contributed by atoms with Gasteiger partial charge in [0.2, 0.25) is 9.84 Å². The van der Waals surface area contributed by atoms with Crippen LogP contribution in [0.2, 0.25) is 0 Å². The Bertz CT molecular complexity index is 669. The molecule has 1 fully saturated rings. The van der Waals surface area contributed by atoms with E-state index in [9.17, 15) is 22.0 Å². The van der Waals surface area contributed by atoms with E-state index in [1.807, 2.05) is 0 Å². The highest BCUT2D eigenvalue weighted by Gasteiger charge is 2.28. The van der Waals surface area contributed by atoms with Crippen LogP contribution >= 0.6 is 0 Å². The minimum absolute atomic E-state index is 0.183. The molecular formula is C15H20F2N2O3S. The number of amides is 2. The van der Waals surface area contributed by atoms with Crippen LogP contribution in [0.5, 0.6) is 0 Å². The number of halogens is 2. The van der Waals surface area contributed by atoms with E-state index < -0.39 is 20.5 Å². The van der Waals surface area contributed by atoms with Gasteiger partial charge < -0.3 is 10.2 Å². The predicted molar refractivity (Wildman–Crippen MR) is 83.2 cm³/mol. The summed E-state index contributed by atoms with van der Waals surface area (Å²) in [6, 6.07) is 4.58. The molecule has 0 radical (unpaired) electrons. The number of piperidine rings is 1. The normalized spacial score (nSPS) is 22.2. The SMILES string of the molecule is C[C@@H]1C[C@H](C)CN(C(=O)Nc2cccc(S(=O)(=O)C(F)F)c2)C1. The molecule has 1 aliphatic rings. The summed E-state index contributed by atoms with van der Waals surface area (Å²) in [7, 11) is -4.68. The second kappa shape index (κ2) is 6.82. The molecule has 1 aromatic rings. The first-order chi connectivity index (χ1) is 10.7. The van der Waals surface area contributed by atoms with E-state index in [1.165, 1.54) is 12.1 Å². The quantitative estimate of drug-likeness (QED) is 0.914. The van der Waals surface area contributed by atoms with Gasteiger partial charge in [0.1, 0.15) is 0 Å². The highest BCUT2D eigenvalue weighted by molar-refractivity contribution is 7.91. The Kier molecular flexibility index (Phi) is 5.23. The number of benzene rings is 1. The number of anilines is 1. The first-order valence-corrected chi connectivity index (χ1v) is 8.93. The Hall–Kier alpha value is -1.70. The summed E-state index contributed by atoms with van der Waals surface area (Å²) >= 11 is 0. The van der Waals surface area contributed by atoms with Crippen molar-refractivity contribution in [3.8, 4) is 0 Å². The second-order valence-electron chi connectivity index (χ2n) is 6.11. The molecule has 0 bridgehead atoms. The predicted octanol–water partition coefficient (Wildman–Crippen LogP) is 3.19. The van der Waals surface area contributed by atoms with Gasteiger partial charge in [-0.2, -0.15) is 8.78 Å². The van der Waals surface area contributed by atoms with Gasteiger partial charge in [-0.1, -0.05) is 19.9 Å². The van der Waals surface area contributed by atoms with Crippen LogP contribution < -0.4 is 5.32 Å². The van der Waals surface area contributed by atoms with E-state index in [0.717, 1.165) is 18.6 Å². The average molecular weight is 346 g/mol. The fourth-order valence-electron chi connectivity index (χ4n) is 2.88. The molecule has 8 heteroatoms. The molecule has 128 valence electrons. The van der Waals surface area contributed by atoms with Gasteiger partial charge >= 0.3 is 11.8 Å². The molecule has 1 heterocycles. The molecule has 0 spiro atoms. The van der Waals surface area contributed by atoms with Crippen LogP contribution in [0, 0.1) is 11.8 Å². The van der Waals surface area contributed by atoms with Crippen molar-refractivity contribution in [3.05, 3.63) is 24.3 Å². The van der Waals surface area contributed by atoms with Crippen LogP contribution in [0.15, 0.2) is 29.2 Å². The van der Waals surface area contributed by atoms with Crippen LogP contribution in [0.25, 0.3) is 0 Å². The number of carbonyl (C=O) groups is 1. The van der Waals surface area contributed by atoms with Gasteiger partial charge in [-0.05, 0) is 36.5 Å². The molecule has 0 aliphatic carbocycles. The van der Waals surface area contributed by atoms with Gasteiger partial charge in [0.25, 0.3) is 0 Å². The minimum Gasteiger partial charge on any atom is -0.324 e. The number of likely N-dealkylation sites (tertiary alicyclic amines) is 1. The number of sulfone groups is 1. The molecule has 1 aliphatic heterocycles. The largest absolute Gasteiger partial charge is 0.341 e.